The SMILES string of the molecule is O=C1c2cccc3c(NCCO)ccc(c23)C(=O)N1c1ccc(OCCO)cc1. The normalized spacial score (nSPS) is 13.1. The second-order valence-electron chi connectivity index (χ2n) is 6.55. The van der Waals surface area contributed by atoms with Crippen LogP contribution in [0.15, 0.2) is 54.6 Å². The van der Waals surface area contributed by atoms with E-state index >= 15 is 0 Å². The lowest BCUT2D eigenvalue weighted by Gasteiger charge is -2.28. The van der Waals surface area contributed by atoms with Gasteiger partial charge in [0.15, 0.2) is 0 Å². The molecule has 29 heavy (non-hydrogen) atoms. The molecule has 1 aliphatic heterocycles. The number of carbonyl (C=O) groups is 2. The average molecular weight is 392 g/mol. The van der Waals surface area contributed by atoms with Crippen LogP contribution >= 0.6 is 0 Å². The highest BCUT2D eigenvalue weighted by Gasteiger charge is 2.34. The number of rotatable bonds is 7. The van der Waals surface area contributed by atoms with Crippen LogP contribution in [0.5, 0.6) is 5.75 Å². The van der Waals surface area contributed by atoms with Gasteiger partial charge in [-0.2, -0.15) is 0 Å². The van der Waals surface area contributed by atoms with Crippen LogP contribution in [0.4, 0.5) is 11.4 Å². The Bertz CT molecular complexity index is 1060. The predicted octanol–water partition coefficient (Wildman–Crippen LogP) is 2.42. The summed E-state index contributed by atoms with van der Waals surface area (Å²) in [5.74, 6) is -0.241. The number of nitrogens with one attached hydrogen (secondary N) is 1. The second kappa shape index (κ2) is 7.90. The first kappa shape index (κ1) is 18.9. The number of hydrogen-bond acceptors (Lipinski definition) is 6. The van der Waals surface area contributed by atoms with E-state index in [-0.39, 0.29) is 19.8 Å². The molecule has 0 fully saturated rings. The van der Waals surface area contributed by atoms with Crippen LogP contribution in [-0.2, 0) is 0 Å². The van der Waals surface area contributed by atoms with Gasteiger partial charge in [-0.1, -0.05) is 12.1 Å². The van der Waals surface area contributed by atoms with Crippen LogP contribution in [-0.4, -0.2) is 48.4 Å². The van der Waals surface area contributed by atoms with E-state index in [1.165, 1.54) is 0 Å². The van der Waals surface area contributed by atoms with Crippen molar-refractivity contribution in [2.75, 3.05) is 36.6 Å². The maximum Gasteiger partial charge on any atom is 0.265 e. The van der Waals surface area contributed by atoms with E-state index in [9.17, 15) is 9.59 Å². The van der Waals surface area contributed by atoms with E-state index in [1.54, 1.807) is 48.5 Å². The maximum atomic E-state index is 13.2. The Balaban J connectivity index is 1.75. The van der Waals surface area contributed by atoms with Gasteiger partial charge >= 0.3 is 0 Å². The highest BCUT2D eigenvalue weighted by Crippen LogP contribution is 2.36. The molecule has 7 heteroatoms. The van der Waals surface area contributed by atoms with Gasteiger partial charge in [-0.15, -0.1) is 0 Å². The Kier molecular flexibility index (Phi) is 5.16. The Morgan fingerprint density at radius 2 is 1.59 bits per heavy atom. The number of amides is 2. The largest absolute Gasteiger partial charge is 0.491 e. The van der Waals surface area contributed by atoms with E-state index in [2.05, 4.69) is 5.32 Å². The topological polar surface area (TPSA) is 99.1 Å². The Morgan fingerprint density at radius 1 is 0.862 bits per heavy atom. The molecule has 1 aliphatic rings. The number of nitrogens with zero attached hydrogens (tertiary/aromatic N) is 1. The molecule has 2 amide bonds. The van der Waals surface area contributed by atoms with Crippen molar-refractivity contribution in [2.45, 2.75) is 0 Å². The molecule has 3 N–H and O–H groups in total. The molecule has 3 aromatic carbocycles. The monoisotopic (exact) mass is 392 g/mol. The van der Waals surface area contributed by atoms with E-state index in [0.29, 0.717) is 34.5 Å². The van der Waals surface area contributed by atoms with Gasteiger partial charge in [-0.3, -0.25) is 9.59 Å². The maximum absolute atomic E-state index is 13.2. The highest BCUT2D eigenvalue weighted by molar-refractivity contribution is 6.36. The van der Waals surface area contributed by atoms with E-state index in [4.69, 9.17) is 14.9 Å². The highest BCUT2D eigenvalue weighted by atomic mass is 16.5. The molecule has 7 nitrogen and oxygen atoms in total. The number of aliphatic hydroxyl groups excluding tert-OH is 2. The lowest BCUT2D eigenvalue weighted by atomic mass is 9.92. The third kappa shape index (κ3) is 3.30. The number of carbonyl (C=O) groups excluding carboxylic acids is 2. The minimum absolute atomic E-state index is 0.0212. The third-order valence-electron chi connectivity index (χ3n) is 4.79. The van der Waals surface area contributed by atoms with Crippen molar-refractivity contribution in [2.24, 2.45) is 0 Å². The van der Waals surface area contributed by atoms with Gasteiger partial charge in [0, 0.05) is 34.1 Å². The Labute approximate surface area is 167 Å². The fourth-order valence-electron chi connectivity index (χ4n) is 3.53. The van der Waals surface area contributed by atoms with Gasteiger partial charge in [-0.05, 0) is 42.5 Å². The summed E-state index contributed by atoms with van der Waals surface area (Å²) in [6.45, 7) is 0.424. The lowest BCUT2D eigenvalue weighted by molar-refractivity contribution is 0.0893. The molecule has 0 aliphatic carbocycles. The number of anilines is 2. The summed E-state index contributed by atoms with van der Waals surface area (Å²) in [6, 6.07) is 15.4. The van der Waals surface area contributed by atoms with Gasteiger partial charge < -0.3 is 20.3 Å². The third-order valence-corrected chi connectivity index (χ3v) is 4.79. The van der Waals surface area contributed by atoms with Crippen LogP contribution in [0.25, 0.3) is 10.8 Å². The summed E-state index contributed by atoms with van der Waals surface area (Å²) >= 11 is 0. The summed E-state index contributed by atoms with van der Waals surface area (Å²) in [7, 11) is 0. The number of ether oxygens (including phenoxy) is 1. The van der Waals surface area contributed by atoms with Crippen LogP contribution in [0.3, 0.4) is 0 Å². The van der Waals surface area contributed by atoms with Crippen molar-refractivity contribution in [1.29, 1.82) is 0 Å². The molecule has 0 aromatic heterocycles. The number of aliphatic hydroxyl groups is 2. The molecule has 0 bridgehead atoms. The van der Waals surface area contributed by atoms with E-state index < -0.39 is 11.8 Å². The molecule has 4 rings (SSSR count). The molecular weight excluding hydrogens is 372 g/mol. The first-order valence-corrected chi connectivity index (χ1v) is 9.28. The summed E-state index contributed by atoms with van der Waals surface area (Å²) < 4.78 is 5.34. The van der Waals surface area contributed by atoms with Gasteiger partial charge in [-0.25, -0.2) is 4.90 Å². The minimum atomic E-state index is -0.392. The zero-order valence-electron chi connectivity index (χ0n) is 15.6. The van der Waals surface area contributed by atoms with Crippen LogP contribution in [0.1, 0.15) is 20.7 Å². The first-order valence-electron chi connectivity index (χ1n) is 9.28. The van der Waals surface area contributed by atoms with E-state index in [0.717, 1.165) is 16.0 Å². The number of hydrogen-bond donors (Lipinski definition) is 3. The van der Waals surface area contributed by atoms with Crippen molar-refractivity contribution in [3.05, 3.63) is 65.7 Å². The predicted molar refractivity (Wildman–Crippen MR) is 110 cm³/mol. The van der Waals surface area contributed by atoms with Crippen LogP contribution in [0.2, 0.25) is 0 Å². The van der Waals surface area contributed by atoms with Crippen molar-refractivity contribution < 1.29 is 24.5 Å². The summed E-state index contributed by atoms with van der Waals surface area (Å²) in [5.41, 5.74) is 2.11. The summed E-state index contributed by atoms with van der Waals surface area (Å²) in [4.78, 5) is 27.5. The molecular formula is C22H20N2O5. The smallest absolute Gasteiger partial charge is 0.265 e. The molecule has 1 heterocycles. The summed E-state index contributed by atoms with van der Waals surface area (Å²) in [5, 5.41) is 22.4. The van der Waals surface area contributed by atoms with Crippen molar-refractivity contribution in [1.82, 2.24) is 0 Å². The van der Waals surface area contributed by atoms with Gasteiger partial charge in [0.25, 0.3) is 11.8 Å². The Hall–Kier alpha value is -3.42. The minimum Gasteiger partial charge on any atom is -0.491 e. The van der Waals surface area contributed by atoms with Crippen molar-refractivity contribution in [3.63, 3.8) is 0 Å². The Morgan fingerprint density at radius 3 is 2.28 bits per heavy atom. The van der Waals surface area contributed by atoms with Crippen molar-refractivity contribution >= 4 is 34.0 Å². The molecule has 0 unspecified atom stereocenters. The molecule has 0 atom stereocenters. The first-order chi connectivity index (χ1) is 14.2. The molecule has 148 valence electrons. The van der Waals surface area contributed by atoms with Gasteiger partial charge in [0.05, 0.1) is 18.9 Å². The van der Waals surface area contributed by atoms with Gasteiger partial charge in [0.2, 0.25) is 0 Å². The zero-order valence-corrected chi connectivity index (χ0v) is 15.6. The quantitative estimate of drug-likeness (QED) is 0.534. The standard InChI is InChI=1S/C22H20N2O5/c25-11-10-23-19-9-8-18-20-16(19)2-1-3-17(20)21(27)24(22(18)28)14-4-6-15(7-5-14)29-13-12-26/h1-9,23,25-26H,10-13H2. The fourth-order valence-corrected chi connectivity index (χ4v) is 3.53. The van der Waals surface area contributed by atoms with Crippen molar-refractivity contribution in [3.8, 4) is 5.75 Å². The molecule has 0 radical (unpaired) electrons. The van der Waals surface area contributed by atoms with Crippen LogP contribution < -0.4 is 15.0 Å². The summed E-state index contributed by atoms with van der Waals surface area (Å²) in [6.07, 6.45) is 0. The van der Waals surface area contributed by atoms with Gasteiger partial charge in [0.1, 0.15) is 12.4 Å². The number of imide groups is 1. The number of benzene rings is 3. The lowest BCUT2D eigenvalue weighted by Crippen LogP contribution is -2.40. The van der Waals surface area contributed by atoms with Crippen LogP contribution in [0, 0.1) is 0 Å². The zero-order chi connectivity index (χ0) is 20.4. The second-order valence-corrected chi connectivity index (χ2v) is 6.55. The molecule has 0 saturated carbocycles. The molecule has 0 spiro atoms. The fraction of sp³-hybridized carbons (Fsp3) is 0.182. The average Bonchev–Trinajstić information content (AvgIpc) is 2.75. The molecule has 0 saturated heterocycles. The van der Waals surface area contributed by atoms with E-state index in [1.807, 2.05) is 6.07 Å². The molecule has 3 aromatic rings.